The lowest BCUT2D eigenvalue weighted by Gasteiger charge is -2.15. The molecule has 1 rings (SSSR count). The fourth-order valence-corrected chi connectivity index (χ4v) is 1.71. The number of H-pyrrole nitrogens is 1. The van der Waals surface area contributed by atoms with E-state index in [9.17, 15) is 4.79 Å². The third-order valence-electron chi connectivity index (χ3n) is 2.98. The van der Waals surface area contributed by atoms with Gasteiger partial charge >= 0.3 is 0 Å². The van der Waals surface area contributed by atoms with Crippen LogP contribution in [0, 0.1) is 0 Å². The van der Waals surface area contributed by atoms with Crippen LogP contribution in [0.4, 0.5) is 0 Å². The van der Waals surface area contributed by atoms with Crippen LogP contribution < -0.4 is 11.1 Å². The van der Waals surface area contributed by atoms with Crippen LogP contribution in [-0.4, -0.2) is 28.7 Å². The summed E-state index contributed by atoms with van der Waals surface area (Å²) in [5.74, 6) is 0.189. The molecule has 1 atom stereocenters. The maximum atomic E-state index is 12.0. The monoisotopic (exact) mass is 252 g/mol. The lowest BCUT2D eigenvalue weighted by molar-refractivity contribution is 0.0930. The smallest absolute Gasteiger partial charge is 0.272 e. The Labute approximate surface area is 109 Å². The fraction of sp³-hybridized carbons (Fsp3) is 0.692. The molecule has 4 N–H and O–H groups in total. The molecule has 0 aliphatic carbocycles. The second-order valence-corrected chi connectivity index (χ2v) is 4.91. The predicted octanol–water partition coefficient (Wildman–Crippen LogP) is 1.78. The Morgan fingerprint density at radius 3 is 2.78 bits per heavy atom. The van der Waals surface area contributed by atoms with Crippen LogP contribution in [-0.2, 0) is 0 Å². The van der Waals surface area contributed by atoms with Gasteiger partial charge in [0.25, 0.3) is 5.91 Å². The first-order valence-electron chi connectivity index (χ1n) is 6.64. The lowest BCUT2D eigenvalue weighted by Crippen LogP contribution is -2.40. The molecule has 0 saturated carbocycles. The van der Waals surface area contributed by atoms with E-state index in [2.05, 4.69) is 36.3 Å². The lowest BCUT2D eigenvalue weighted by atomic mass is 10.1. The minimum atomic E-state index is -0.148. The van der Waals surface area contributed by atoms with E-state index in [-0.39, 0.29) is 11.9 Å². The molecular weight excluding hydrogens is 228 g/mol. The zero-order valence-corrected chi connectivity index (χ0v) is 11.5. The predicted molar refractivity (Wildman–Crippen MR) is 72.5 cm³/mol. The van der Waals surface area contributed by atoms with Crippen LogP contribution in [0.25, 0.3) is 0 Å². The molecule has 18 heavy (non-hydrogen) atoms. The van der Waals surface area contributed by atoms with Gasteiger partial charge in [0.15, 0.2) is 0 Å². The number of nitrogens with one attached hydrogen (secondary N) is 2. The first-order valence-corrected chi connectivity index (χ1v) is 6.64. The zero-order valence-electron chi connectivity index (χ0n) is 11.5. The Hall–Kier alpha value is -1.36. The maximum absolute atomic E-state index is 12.0. The van der Waals surface area contributed by atoms with Crippen molar-refractivity contribution in [3.05, 3.63) is 17.5 Å². The fourth-order valence-electron chi connectivity index (χ4n) is 1.71. The van der Waals surface area contributed by atoms with Gasteiger partial charge in [0.05, 0.1) is 0 Å². The van der Waals surface area contributed by atoms with Crippen molar-refractivity contribution in [2.75, 3.05) is 6.54 Å². The van der Waals surface area contributed by atoms with Gasteiger partial charge in [-0.15, -0.1) is 0 Å². The van der Waals surface area contributed by atoms with E-state index in [0.717, 1.165) is 25.0 Å². The summed E-state index contributed by atoms with van der Waals surface area (Å²) in [6.07, 6.45) is 3.09. The molecule has 0 fully saturated rings. The van der Waals surface area contributed by atoms with Crippen LogP contribution in [0.5, 0.6) is 0 Å². The van der Waals surface area contributed by atoms with E-state index in [1.54, 1.807) is 6.07 Å². The van der Waals surface area contributed by atoms with E-state index >= 15 is 0 Å². The quantitative estimate of drug-likeness (QED) is 0.691. The summed E-state index contributed by atoms with van der Waals surface area (Å²) in [4.78, 5) is 12.0. The number of carbonyl (C=O) groups excluding carboxylic acids is 1. The molecule has 1 heterocycles. The van der Waals surface area contributed by atoms with E-state index in [4.69, 9.17) is 5.73 Å². The first-order chi connectivity index (χ1) is 8.58. The highest BCUT2D eigenvalue weighted by atomic mass is 16.2. The van der Waals surface area contributed by atoms with Gasteiger partial charge in [-0.1, -0.05) is 33.6 Å². The van der Waals surface area contributed by atoms with E-state index in [0.29, 0.717) is 18.2 Å². The molecular formula is C13H24N4O. The third-order valence-corrected chi connectivity index (χ3v) is 2.98. The zero-order chi connectivity index (χ0) is 13.5. The van der Waals surface area contributed by atoms with Gasteiger partial charge in [-0.3, -0.25) is 9.89 Å². The summed E-state index contributed by atoms with van der Waals surface area (Å²) < 4.78 is 0. The molecule has 5 nitrogen and oxygen atoms in total. The van der Waals surface area contributed by atoms with E-state index in [1.165, 1.54) is 0 Å². The summed E-state index contributed by atoms with van der Waals surface area (Å²) in [7, 11) is 0. The van der Waals surface area contributed by atoms with Crippen molar-refractivity contribution in [1.82, 2.24) is 15.5 Å². The molecule has 0 saturated heterocycles. The summed E-state index contributed by atoms with van der Waals surface area (Å²) in [5.41, 5.74) is 7.06. The molecule has 1 aromatic heterocycles. The average Bonchev–Trinajstić information content (AvgIpc) is 2.83. The number of hydrogen-bond acceptors (Lipinski definition) is 3. The Balaban J connectivity index is 2.57. The van der Waals surface area contributed by atoms with Crippen molar-refractivity contribution in [3.63, 3.8) is 0 Å². The minimum Gasteiger partial charge on any atom is -0.347 e. The van der Waals surface area contributed by atoms with Gasteiger partial charge < -0.3 is 11.1 Å². The van der Waals surface area contributed by atoms with Crippen molar-refractivity contribution in [3.8, 4) is 0 Å². The number of aromatic nitrogens is 2. The molecule has 0 spiro atoms. The molecule has 5 heteroatoms. The normalized spacial score (nSPS) is 12.7. The Kier molecular flexibility index (Phi) is 5.85. The highest BCUT2D eigenvalue weighted by molar-refractivity contribution is 5.92. The standard InChI is InChI=1S/C13H24N4O/c1-4-5-6-10(8-14)15-13(18)12-7-11(9(2)3)16-17-12/h7,9-10H,4-6,8,14H2,1-3H3,(H,15,18)(H,16,17). The number of unbranched alkanes of at least 4 members (excludes halogenated alkanes) is 1. The summed E-state index contributed by atoms with van der Waals surface area (Å²) in [6, 6.07) is 1.84. The molecule has 0 aliphatic heterocycles. The van der Waals surface area contributed by atoms with Crippen molar-refractivity contribution in [2.24, 2.45) is 5.73 Å². The number of aromatic amines is 1. The SMILES string of the molecule is CCCCC(CN)NC(=O)c1cc(C(C)C)[nH]n1. The number of hydrogen-bond donors (Lipinski definition) is 3. The van der Waals surface area contributed by atoms with Crippen molar-refractivity contribution >= 4 is 5.91 Å². The molecule has 1 amide bonds. The van der Waals surface area contributed by atoms with Crippen LogP contribution in [0.2, 0.25) is 0 Å². The van der Waals surface area contributed by atoms with Crippen LogP contribution in [0.3, 0.4) is 0 Å². The van der Waals surface area contributed by atoms with Crippen molar-refractivity contribution in [1.29, 1.82) is 0 Å². The highest BCUT2D eigenvalue weighted by Gasteiger charge is 2.15. The minimum absolute atomic E-state index is 0.0386. The summed E-state index contributed by atoms with van der Waals surface area (Å²) in [5, 5.41) is 9.83. The van der Waals surface area contributed by atoms with Gasteiger partial charge in [-0.25, -0.2) is 0 Å². The molecule has 1 aromatic rings. The molecule has 0 aromatic carbocycles. The highest BCUT2D eigenvalue weighted by Crippen LogP contribution is 2.12. The topological polar surface area (TPSA) is 83.8 Å². The Bertz CT molecular complexity index is 373. The molecule has 102 valence electrons. The van der Waals surface area contributed by atoms with Gasteiger partial charge in [-0.2, -0.15) is 5.10 Å². The average molecular weight is 252 g/mol. The number of amides is 1. The second-order valence-electron chi connectivity index (χ2n) is 4.91. The van der Waals surface area contributed by atoms with Gasteiger partial charge in [0, 0.05) is 18.3 Å². The maximum Gasteiger partial charge on any atom is 0.272 e. The molecule has 0 radical (unpaired) electrons. The number of rotatable bonds is 7. The van der Waals surface area contributed by atoms with Crippen LogP contribution >= 0.6 is 0 Å². The Morgan fingerprint density at radius 1 is 1.56 bits per heavy atom. The third kappa shape index (κ3) is 4.14. The second kappa shape index (κ2) is 7.16. The number of carbonyl (C=O) groups is 1. The van der Waals surface area contributed by atoms with E-state index in [1.807, 2.05) is 0 Å². The van der Waals surface area contributed by atoms with E-state index < -0.39 is 0 Å². The molecule has 1 unspecified atom stereocenters. The van der Waals surface area contributed by atoms with Crippen molar-refractivity contribution < 1.29 is 4.79 Å². The van der Waals surface area contributed by atoms with Gasteiger partial charge in [-0.05, 0) is 18.4 Å². The van der Waals surface area contributed by atoms with Crippen molar-refractivity contribution in [2.45, 2.75) is 52.0 Å². The van der Waals surface area contributed by atoms with Gasteiger partial charge in [0.1, 0.15) is 5.69 Å². The molecule has 0 bridgehead atoms. The molecule has 0 aliphatic rings. The largest absolute Gasteiger partial charge is 0.347 e. The summed E-state index contributed by atoms with van der Waals surface area (Å²) in [6.45, 7) is 6.70. The number of nitrogens with two attached hydrogens (primary N) is 1. The Morgan fingerprint density at radius 2 is 2.28 bits per heavy atom. The summed E-state index contributed by atoms with van der Waals surface area (Å²) >= 11 is 0. The van der Waals surface area contributed by atoms with Crippen LogP contribution in [0.15, 0.2) is 6.07 Å². The van der Waals surface area contributed by atoms with Gasteiger partial charge in [0.2, 0.25) is 0 Å². The first kappa shape index (κ1) is 14.7. The number of nitrogens with zero attached hydrogens (tertiary/aromatic N) is 1. The van der Waals surface area contributed by atoms with Crippen LogP contribution in [0.1, 0.15) is 62.1 Å².